The number of carboxylic acid groups (broad SMARTS) is 1. The Morgan fingerprint density at radius 1 is 1.19 bits per heavy atom. The molecule has 1 fully saturated rings. The van der Waals surface area contributed by atoms with Crippen molar-refractivity contribution in [2.75, 3.05) is 19.7 Å². The average molecular weight is 370 g/mol. The van der Waals surface area contributed by atoms with Crippen LogP contribution in [0.25, 0.3) is 5.57 Å². The second-order valence-corrected chi connectivity index (χ2v) is 7.33. The van der Waals surface area contributed by atoms with Gasteiger partial charge in [0.05, 0.1) is 5.92 Å². The van der Waals surface area contributed by atoms with Crippen LogP contribution >= 0.6 is 11.6 Å². The molecule has 0 aromatic heterocycles. The van der Waals surface area contributed by atoms with Gasteiger partial charge in [0, 0.05) is 24.7 Å². The molecule has 2 aromatic carbocycles. The number of nitrogens with zero attached hydrogens (tertiary/aromatic N) is 1. The number of fused-ring (bicyclic) bond motifs is 1. The van der Waals surface area contributed by atoms with Crippen LogP contribution in [0, 0.1) is 5.92 Å². The first-order valence-corrected chi connectivity index (χ1v) is 9.11. The molecule has 1 saturated heterocycles. The highest BCUT2D eigenvalue weighted by molar-refractivity contribution is 6.30. The van der Waals surface area contributed by atoms with Crippen molar-refractivity contribution in [1.82, 2.24) is 4.90 Å². The van der Waals surface area contributed by atoms with E-state index in [-0.39, 0.29) is 5.92 Å². The molecule has 4 nitrogen and oxygen atoms in total. The molecule has 4 rings (SSSR count). The highest BCUT2D eigenvalue weighted by Gasteiger charge is 2.32. The topological polar surface area (TPSA) is 49.8 Å². The first-order chi connectivity index (χ1) is 12.6. The van der Waals surface area contributed by atoms with E-state index in [0.29, 0.717) is 19.7 Å². The van der Waals surface area contributed by atoms with Gasteiger partial charge < -0.3 is 9.84 Å². The van der Waals surface area contributed by atoms with Crippen LogP contribution in [0.2, 0.25) is 5.02 Å². The summed E-state index contributed by atoms with van der Waals surface area (Å²) in [4.78, 5) is 13.0. The van der Waals surface area contributed by atoms with E-state index >= 15 is 0 Å². The predicted molar refractivity (Wildman–Crippen MR) is 101 cm³/mol. The van der Waals surface area contributed by atoms with Crippen LogP contribution in [-0.2, 0) is 17.8 Å². The summed E-state index contributed by atoms with van der Waals surface area (Å²) in [6.45, 7) is 2.56. The minimum absolute atomic E-state index is 0.214. The van der Waals surface area contributed by atoms with Crippen LogP contribution < -0.4 is 4.74 Å². The van der Waals surface area contributed by atoms with Crippen LogP contribution in [-0.4, -0.2) is 35.7 Å². The van der Waals surface area contributed by atoms with Crippen molar-refractivity contribution in [3.05, 3.63) is 70.3 Å². The molecule has 0 bridgehead atoms. The lowest BCUT2D eigenvalue weighted by atomic mass is 10.00. The van der Waals surface area contributed by atoms with Gasteiger partial charge in [-0.2, -0.15) is 0 Å². The standard InChI is InChI=1S/C21H20ClNO3/c22-18-6-5-15-3-4-16(20(15)9-18)13-26-19-7-1-14(2-8-19)10-23-11-17(12-23)21(24)25/h1-2,4-9,17H,3,10-13H2,(H,24,25). The zero-order valence-electron chi connectivity index (χ0n) is 14.3. The average Bonchev–Trinajstić information content (AvgIpc) is 2.98. The van der Waals surface area contributed by atoms with Crippen molar-refractivity contribution < 1.29 is 14.6 Å². The normalized spacial score (nSPS) is 16.7. The second kappa shape index (κ2) is 7.14. The molecule has 26 heavy (non-hydrogen) atoms. The van der Waals surface area contributed by atoms with E-state index in [1.807, 2.05) is 36.4 Å². The number of benzene rings is 2. The van der Waals surface area contributed by atoms with E-state index in [4.69, 9.17) is 21.4 Å². The fraction of sp³-hybridized carbons (Fsp3) is 0.286. The third kappa shape index (κ3) is 3.62. The van der Waals surface area contributed by atoms with Gasteiger partial charge in [0.2, 0.25) is 0 Å². The Kier molecular flexibility index (Phi) is 4.70. The van der Waals surface area contributed by atoms with Crippen molar-refractivity contribution in [2.24, 2.45) is 5.92 Å². The minimum Gasteiger partial charge on any atom is -0.489 e. The Hall–Kier alpha value is -2.30. The number of halogens is 1. The first-order valence-electron chi connectivity index (χ1n) is 8.73. The number of carboxylic acids is 1. The predicted octanol–water partition coefficient (Wildman–Crippen LogP) is 3.87. The smallest absolute Gasteiger partial charge is 0.309 e. The number of hydrogen-bond donors (Lipinski definition) is 1. The molecule has 0 amide bonds. The Morgan fingerprint density at radius 2 is 1.96 bits per heavy atom. The van der Waals surface area contributed by atoms with Gasteiger partial charge in [-0.15, -0.1) is 0 Å². The van der Waals surface area contributed by atoms with Gasteiger partial charge in [-0.3, -0.25) is 9.69 Å². The molecule has 2 aliphatic rings. The number of ether oxygens (including phenoxy) is 1. The molecular formula is C21H20ClNO3. The molecule has 0 atom stereocenters. The maximum Gasteiger partial charge on any atom is 0.309 e. The molecule has 0 unspecified atom stereocenters. The molecule has 1 N–H and O–H groups in total. The third-order valence-corrected chi connectivity index (χ3v) is 5.25. The number of carbonyl (C=O) groups is 1. The van der Waals surface area contributed by atoms with Crippen molar-refractivity contribution in [3.8, 4) is 5.75 Å². The fourth-order valence-electron chi connectivity index (χ4n) is 3.47. The molecule has 0 spiro atoms. The number of likely N-dealkylation sites (tertiary alicyclic amines) is 1. The van der Waals surface area contributed by atoms with Gasteiger partial charge >= 0.3 is 5.97 Å². The summed E-state index contributed by atoms with van der Waals surface area (Å²) in [5, 5.41) is 9.67. The van der Waals surface area contributed by atoms with Crippen molar-refractivity contribution in [2.45, 2.75) is 13.0 Å². The summed E-state index contributed by atoms with van der Waals surface area (Å²) in [7, 11) is 0. The van der Waals surface area contributed by atoms with Gasteiger partial charge in [-0.05, 0) is 52.9 Å². The summed E-state index contributed by atoms with van der Waals surface area (Å²) < 4.78 is 5.93. The first kappa shape index (κ1) is 17.1. The van der Waals surface area contributed by atoms with Crippen LogP contribution in [0.15, 0.2) is 48.5 Å². The monoisotopic (exact) mass is 369 g/mol. The zero-order valence-corrected chi connectivity index (χ0v) is 15.1. The lowest BCUT2D eigenvalue weighted by molar-refractivity contribution is -0.147. The largest absolute Gasteiger partial charge is 0.489 e. The van der Waals surface area contributed by atoms with E-state index in [9.17, 15) is 4.79 Å². The summed E-state index contributed by atoms with van der Waals surface area (Å²) >= 11 is 6.10. The molecule has 0 saturated carbocycles. The molecular weight excluding hydrogens is 350 g/mol. The van der Waals surface area contributed by atoms with Crippen molar-refractivity contribution >= 4 is 23.1 Å². The summed E-state index contributed by atoms with van der Waals surface area (Å²) in [5.41, 5.74) is 4.81. The van der Waals surface area contributed by atoms with Crippen molar-refractivity contribution in [3.63, 3.8) is 0 Å². The molecule has 1 aliphatic heterocycles. The van der Waals surface area contributed by atoms with Gasteiger partial charge in [0.1, 0.15) is 12.4 Å². The van der Waals surface area contributed by atoms with Crippen molar-refractivity contribution in [1.29, 1.82) is 0 Å². The van der Waals surface area contributed by atoms with Gasteiger partial charge in [-0.1, -0.05) is 35.9 Å². The summed E-state index contributed by atoms with van der Waals surface area (Å²) in [6, 6.07) is 14.0. The maximum absolute atomic E-state index is 10.8. The molecule has 0 radical (unpaired) electrons. The Bertz CT molecular complexity index is 854. The Morgan fingerprint density at radius 3 is 2.69 bits per heavy atom. The molecule has 2 aromatic rings. The minimum atomic E-state index is -0.700. The third-order valence-electron chi connectivity index (χ3n) is 5.02. The highest BCUT2D eigenvalue weighted by Crippen LogP contribution is 2.30. The zero-order chi connectivity index (χ0) is 18.1. The summed E-state index contributed by atoms with van der Waals surface area (Å²) in [6.07, 6.45) is 3.12. The van der Waals surface area contributed by atoms with E-state index in [0.717, 1.165) is 23.7 Å². The van der Waals surface area contributed by atoms with E-state index in [2.05, 4.69) is 17.0 Å². The van der Waals surface area contributed by atoms with Gasteiger partial charge in [-0.25, -0.2) is 0 Å². The molecule has 1 aliphatic carbocycles. The Balaban J connectivity index is 1.31. The van der Waals surface area contributed by atoms with Crippen LogP contribution in [0.5, 0.6) is 5.75 Å². The van der Waals surface area contributed by atoms with E-state index in [1.165, 1.54) is 22.3 Å². The Labute approximate surface area is 157 Å². The van der Waals surface area contributed by atoms with Gasteiger partial charge in [0.25, 0.3) is 0 Å². The van der Waals surface area contributed by atoms with E-state index < -0.39 is 5.97 Å². The molecule has 5 heteroatoms. The second-order valence-electron chi connectivity index (χ2n) is 6.90. The van der Waals surface area contributed by atoms with E-state index in [1.54, 1.807) is 0 Å². The lowest BCUT2D eigenvalue weighted by Crippen LogP contribution is -2.49. The quantitative estimate of drug-likeness (QED) is 0.839. The number of hydrogen-bond acceptors (Lipinski definition) is 3. The van der Waals surface area contributed by atoms with Crippen LogP contribution in [0.3, 0.4) is 0 Å². The summed E-state index contributed by atoms with van der Waals surface area (Å²) in [5.74, 6) is -0.0834. The number of rotatable bonds is 6. The highest BCUT2D eigenvalue weighted by atomic mass is 35.5. The lowest BCUT2D eigenvalue weighted by Gasteiger charge is -2.36. The SMILES string of the molecule is O=C(O)C1CN(Cc2ccc(OCC3=CCc4ccc(Cl)cc43)cc2)C1. The van der Waals surface area contributed by atoms with Crippen LogP contribution in [0.1, 0.15) is 16.7 Å². The fourth-order valence-corrected chi connectivity index (χ4v) is 3.64. The maximum atomic E-state index is 10.8. The molecule has 134 valence electrons. The van der Waals surface area contributed by atoms with Gasteiger partial charge in [0.15, 0.2) is 0 Å². The molecule has 1 heterocycles. The number of allylic oxidation sites excluding steroid dienone is 1. The number of aliphatic carboxylic acids is 1. The van der Waals surface area contributed by atoms with Crippen LogP contribution in [0.4, 0.5) is 0 Å².